The van der Waals surface area contributed by atoms with Crippen molar-refractivity contribution in [1.29, 1.82) is 0 Å². The van der Waals surface area contributed by atoms with Crippen LogP contribution in [0.25, 0.3) is 0 Å². The Morgan fingerprint density at radius 2 is 2.10 bits per heavy atom. The molecule has 1 aromatic rings. The number of hydrogen-bond donors (Lipinski definition) is 1. The van der Waals surface area contributed by atoms with Crippen molar-refractivity contribution in [1.82, 2.24) is 4.90 Å². The van der Waals surface area contributed by atoms with Crippen LogP contribution >= 0.6 is 0 Å². The largest absolute Gasteiger partial charge is 0.481 e. The average Bonchev–Trinajstić information content (AvgIpc) is 2.99. The summed E-state index contributed by atoms with van der Waals surface area (Å²) in [6, 6.07) is 9.51. The van der Waals surface area contributed by atoms with Crippen LogP contribution in [0.1, 0.15) is 18.4 Å². The minimum atomic E-state index is -0.746. The van der Waals surface area contributed by atoms with Gasteiger partial charge in [0.2, 0.25) is 0 Å². The third kappa shape index (κ3) is 2.35. The molecule has 2 atom stereocenters. The van der Waals surface area contributed by atoms with E-state index in [9.17, 15) is 9.59 Å². The number of aliphatic carboxylic acids is 1. The second kappa shape index (κ2) is 4.81. The highest BCUT2D eigenvalue weighted by atomic mass is 16.6. The zero-order valence-corrected chi connectivity index (χ0v) is 11.1. The van der Waals surface area contributed by atoms with E-state index in [-0.39, 0.29) is 24.0 Å². The lowest BCUT2D eigenvalue weighted by molar-refractivity contribution is -0.139. The third-order valence-electron chi connectivity index (χ3n) is 4.34. The lowest BCUT2D eigenvalue weighted by Crippen LogP contribution is -2.30. The quantitative estimate of drug-likeness (QED) is 0.917. The van der Waals surface area contributed by atoms with E-state index >= 15 is 0 Å². The number of hydrogen-bond acceptors (Lipinski definition) is 3. The number of likely N-dealkylation sites (tertiary alicyclic amines) is 1. The maximum Gasteiger partial charge on any atom is 0.410 e. The number of nitrogens with zero attached hydrogens (tertiary/aromatic N) is 1. The molecule has 1 saturated heterocycles. The summed E-state index contributed by atoms with van der Waals surface area (Å²) in [4.78, 5) is 24.6. The predicted molar refractivity (Wildman–Crippen MR) is 71.0 cm³/mol. The molecule has 1 spiro atoms. The van der Waals surface area contributed by atoms with Crippen LogP contribution in [-0.2, 0) is 16.1 Å². The van der Waals surface area contributed by atoms with Crippen molar-refractivity contribution in [2.24, 2.45) is 11.3 Å². The van der Waals surface area contributed by atoms with Gasteiger partial charge in [-0.3, -0.25) is 4.79 Å². The fourth-order valence-electron chi connectivity index (χ4n) is 3.01. The lowest BCUT2D eigenvalue weighted by Gasteiger charge is -2.16. The van der Waals surface area contributed by atoms with Gasteiger partial charge < -0.3 is 14.7 Å². The van der Waals surface area contributed by atoms with Crippen LogP contribution in [-0.4, -0.2) is 35.2 Å². The molecule has 1 aromatic carbocycles. The number of rotatable bonds is 3. The van der Waals surface area contributed by atoms with E-state index in [1.54, 1.807) is 4.90 Å². The van der Waals surface area contributed by atoms with Gasteiger partial charge in [0.15, 0.2) is 0 Å². The van der Waals surface area contributed by atoms with Crippen molar-refractivity contribution in [3.8, 4) is 0 Å². The van der Waals surface area contributed by atoms with Crippen LogP contribution in [0.15, 0.2) is 30.3 Å². The highest BCUT2D eigenvalue weighted by Crippen LogP contribution is 2.58. The third-order valence-corrected chi connectivity index (χ3v) is 4.34. The fraction of sp³-hybridized carbons (Fsp3) is 0.467. The van der Waals surface area contributed by atoms with Crippen LogP contribution in [0.2, 0.25) is 0 Å². The zero-order chi connectivity index (χ0) is 14.2. The van der Waals surface area contributed by atoms with E-state index < -0.39 is 5.97 Å². The molecular weight excluding hydrogens is 258 g/mol. The van der Waals surface area contributed by atoms with Gasteiger partial charge >= 0.3 is 12.1 Å². The summed E-state index contributed by atoms with van der Waals surface area (Å²) >= 11 is 0. The Morgan fingerprint density at radius 3 is 2.75 bits per heavy atom. The van der Waals surface area contributed by atoms with Gasteiger partial charge in [-0.25, -0.2) is 4.79 Å². The first-order valence-corrected chi connectivity index (χ1v) is 6.79. The summed E-state index contributed by atoms with van der Waals surface area (Å²) in [6.07, 6.45) is 1.11. The molecule has 1 aliphatic heterocycles. The molecule has 0 aromatic heterocycles. The number of carboxylic acids is 1. The molecule has 0 radical (unpaired) electrons. The first-order valence-electron chi connectivity index (χ1n) is 6.79. The van der Waals surface area contributed by atoms with Gasteiger partial charge in [0.05, 0.1) is 5.92 Å². The van der Waals surface area contributed by atoms with Crippen LogP contribution < -0.4 is 0 Å². The SMILES string of the molecule is O=C(O)C1CC12CCN(C(=O)OCc1ccccc1)C2. The van der Waals surface area contributed by atoms with Gasteiger partial charge in [0, 0.05) is 18.5 Å². The normalized spacial score (nSPS) is 27.6. The summed E-state index contributed by atoms with van der Waals surface area (Å²) in [6.45, 7) is 1.36. The summed E-state index contributed by atoms with van der Waals surface area (Å²) in [5.41, 5.74) is 0.766. The molecule has 2 aliphatic rings. The Kier molecular flexibility index (Phi) is 3.12. The molecule has 1 heterocycles. The molecule has 5 heteroatoms. The molecule has 1 N–H and O–H groups in total. The molecular formula is C15H17NO4. The minimum Gasteiger partial charge on any atom is -0.481 e. The molecule has 3 rings (SSSR count). The van der Waals surface area contributed by atoms with Crippen LogP contribution in [0.5, 0.6) is 0 Å². The Balaban J connectivity index is 1.51. The fourth-order valence-corrected chi connectivity index (χ4v) is 3.01. The van der Waals surface area contributed by atoms with Crippen molar-refractivity contribution < 1.29 is 19.4 Å². The summed E-state index contributed by atoms with van der Waals surface area (Å²) < 4.78 is 5.27. The Bertz CT molecular complexity index is 530. The van der Waals surface area contributed by atoms with E-state index in [1.165, 1.54) is 0 Å². The van der Waals surface area contributed by atoms with Gasteiger partial charge in [0.25, 0.3) is 0 Å². The Morgan fingerprint density at radius 1 is 1.35 bits per heavy atom. The van der Waals surface area contributed by atoms with Crippen molar-refractivity contribution in [3.63, 3.8) is 0 Å². The highest BCUT2D eigenvalue weighted by molar-refractivity contribution is 5.76. The zero-order valence-electron chi connectivity index (χ0n) is 11.1. The monoisotopic (exact) mass is 275 g/mol. The van der Waals surface area contributed by atoms with E-state index in [0.717, 1.165) is 12.0 Å². The van der Waals surface area contributed by atoms with Crippen LogP contribution in [0.3, 0.4) is 0 Å². The molecule has 5 nitrogen and oxygen atoms in total. The molecule has 20 heavy (non-hydrogen) atoms. The average molecular weight is 275 g/mol. The molecule has 106 valence electrons. The van der Waals surface area contributed by atoms with E-state index in [1.807, 2.05) is 30.3 Å². The molecule has 1 aliphatic carbocycles. The Labute approximate surface area is 117 Å². The number of amides is 1. The van der Waals surface area contributed by atoms with Crippen molar-refractivity contribution in [3.05, 3.63) is 35.9 Å². The smallest absolute Gasteiger partial charge is 0.410 e. The van der Waals surface area contributed by atoms with Gasteiger partial charge in [-0.1, -0.05) is 30.3 Å². The summed E-state index contributed by atoms with van der Waals surface area (Å²) in [5.74, 6) is -1.03. The number of carbonyl (C=O) groups excluding carboxylic acids is 1. The molecule has 2 unspecified atom stereocenters. The van der Waals surface area contributed by atoms with Crippen molar-refractivity contribution in [2.45, 2.75) is 19.4 Å². The standard InChI is InChI=1S/C15H17NO4/c17-13(18)12-8-15(12)6-7-16(10-15)14(19)20-9-11-4-2-1-3-5-11/h1-5,12H,6-10H2,(H,17,18). The van der Waals surface area contributed by atoms with Gasteiger partial charge in [-0.2, -0.15) is 0 Å². The van der Waals surface area contributed by atoms with E-state index in [4.69, 9.17) is 9.84 Å². The van der Waals surface area contributed by atoms with Crippen LogP contribution in [0, 0.1) is 11.3 Å². The first kappa shape index (κ1) is 13.0. The maximum absolute atomic E-state index is 12.0. The summed E-state index contributed by atoms with van der Waals surface area (Å²) in [7, 11) is 0. The molecule has 2 fully saturated rings. The van der Waals surface area contributed by atoms with Crippen molar-refractivity contribution >= 4 is 12.1 Å². The van der Waals surface area contributed by atoms with Gasteiger partial charge in [-0.05, 0) is 18.4 Å². The van der Waals surface area contributed by atoms with Gasteiger partial charge in [0.1, 0.15) is 6.61 Å². The Hall–Kier alpha value is -2.04. The second-order valence-corrected chi connectivity index (χ2v) is 5.67. The number of benzene rings is 1. The number of carboxylic acid groups (broad SMARTS) is 1. The topological polar surface area (TPSA) is 66.8 Å². The number of ether oxygens (including phenoxy) is 1. The van der Waals surface area contributed by atoms with Gasteiger partial charge in [-0.15, -0.1) is 0 Å². The first-order chi connectivity index (χ1) is 9.61. The predicted octanol–water partition coefficient (Wildman–Crippen LogP) is 2.12. The number of carbonyl (C=O) groups is 2. The van der Waals surface area contributed by atoms with Crippen LogP contribution in [0.4, 0.5) is 4.79 Å². The molecule has 1 amide bonds. The van der Waals surface area contributed by atoms with E-state index in [2.05, 4.69) is 0 Å². The minimum absolute atomic E-state index is 0.183. The lowest BCUT2D eigenvalue weighted by atomic mass is 10.0. The summed E-state index contributed by atoms with van der Waals surface area (Å²) in [5, 5.41) is 9.02. The maximum atomic E-state index is 12.0. The van der Waals surface area contributed by atoms with E-state index in [0.29, 0.717) is 19.5 Å². The molecule has 1 saturated carbocycles. The molecule has 0 bridgehead atoms. The second-order valence-electron chi connectivity index (χ2n) is 5.67. The highest BCUT2D eigenvalue weighted by Gasteiger charge is 2.61. The van der Waals surface area contributed by atoms with Crippen molar-refractivity contribution in [2.75, 3.05) is 13.1 Å².